The number of pyridine rings is 1. The minimum atomic E-state index is -0.113. The predicted octanol–water partition coefficient (Wildman–Crippen LogP) is 3.74. The van der Waals surface area contributed by atoms with Crippen molar-refractivity contribution >= 4 is 27.5 Å². The molecule has 1 aromatic heterocycles. The largest absolute Gasteiger partial charge is 0.324 e. The van der Waals surface area contributed by atoms with Gasteiger partial charge in [0.05, 0.1) is 0 Å². The summed E-state index contributed by atoms with van der Waals surface area (Å²) in [6.45, 7) is 0. The number of nitrogens with two attached hydrogens (primary N) is 1. The second-order valence-corrected chi connectivity index (χ2v) is 5.09. The molecule has 88 valence electrons. The summed E-state index contributed by atoms with van der Waals surface area (Å²) in [5.74, 6) is 0. The van der Waals surface area contributed by atoms with Crippen LogP contribution in [0, 0.1) is 0 Å². The third-order valence-corrected chi connectivity index (χ3v) is 3.47. The van der Waals surface area contributed by atoms with Gasteiger partial charge in [-0.15, -0.1) is 0 Å². The van der Waals surface area contributed by atoms with E-state index in [4.69, 9.17) is 17.3 Å². The first-order chi connectivity index (χ1) is 8.16. The number of halogens is 2. The monoisotopic (exact) mass is 310 g/mol. The Morgan fingerprint density at radius 3 is 2.82 bits per heavy atom. The molecular formula is C13H12BrClN2. The van der Waals surface area contributed by atoms with Crippen LogP contribution in [0.4, 0.5) is 0 Å². The smallest absolute Gasteiger partial charge is 0.0422 e. The molecule has 0 spiro atoms. The molecule has 2 rings (SSSR count). The molecule has 0 fully saturated rings. The van der Waals surface area contributed by atoms with Crippen LogP contribution in [0.1, 0.15) is 17.3 Å². The van der Waals surface area contributed by atoms with Crippen LogP contribution in [-0.4, -0.2) is 4.98 Å². The molecular weight excluding hydrogens is 300 g/mol. The van der Waals surface area contributed by atoms with Crippen LogP contribution in [-0.2, 0) is 6.42 Å². The Balaban J connectivity index is 2.20. The van der Waals surface area contributed by atoms with Crippen molar-refractivity contribution in [2.75, 3.05) is 0 Å². The molecule has 2 nitrogen and oxygen atoms in total. The fourth-order valence-corrected chi connectivity index (χ4v) is 2.37. The first-order valence-corrected chi connectivity index (χ1v) is 6.44. The van der Waals surface area contributed by atoms with Crippen molar-refractivity contribution in [1.82, 2.24) is 4.98 Å². The van der Waals surface area contributed by atoms with E-state index in [0.29, 0.717) is 11.4 Å². The van der Waals surface area contributed by atoms with Gasteiger partial charge in [0.15, 0.2) is 0 Å². The quantitative estimate of drug-likeness (QED) is 0.938. The fourth-order valence-electron chi connectivity index (χ4n) is 1.65. The summed E-state index contributed by atoms with van der Waals surface area (Å²) in [5.41, 5.74) is 8.15. The third kappa shape index (κ3) is 3.28. The summed E-state index contributed by atoms with van der Waals surface area (Å²) in [7, 11) is 0. The lowest BCUT2D eigenvalue weighted by molar-refractivity contribution is 0.703. The van der Waals surface area contributed by atoms with Crippen LogP contribution >= 0.6 is 27.5 Å². The van der Waals surface area contributed by atoms with Crippen LogP contribution in [0.3, 0.4) is 0 Å². The molecule has 4 heteroatoms. The van der Waals surface area contributed by atoms with E-state index < -0.39 is 0 Å². The molecule has 0 aliphatic heterocycles. The number of hydrogen-bond donors (Lipinski definition) is 1. The van der Waals surface area contributed by atoms with Gasteiger partial charge in [-0.2, -0.15) is 0 Å². The molecule has 0 aliphatic rings. The van der Waals surface area contributed by atoms with Crippen molar-refractivity contribution in [3.05, 3.63) is 63.3 Å². The Kier molecular flexibility index (Phi) is 4.15. The number of aromatic nitrogens is 1. The zero-order valence-electron chi connectivity index (χ0n) is 9.11. The summed E-state index contributed by atoms with van der Waals surface area (Å²) >= 11 is 9.46. The highest BCUT2D eigenvalue weighted by Gasteiger charge is 2.11. The molecule has 17 heavy (non-hydrogen) atoms. The summed E-state index contributed by atoms with van der Waals surface area (Å²) in [5, 5.41) is 0.694. The Morgan fingerprint density at radius 2 is 2.12 bits per heavy atom. The summed E-state index contributed by atoms with van der Waals surface area (Å²) < 4.78 is 0.977. The summed E-state index contributed by atoms with van der Waals surface area (Å²) in [4.78, 5) is 4.27. The maximum Gasteiger partial charge on any atom is 0.0422 e. The van der Waals surface area contributed by atoms with Crippen molar-refractivity contribution in [3.8, 4) is 0 Å². The molecule has 0 amide bonds. The second kappa shape index (κ2) is 5.63. The van der Waals surface area contributed by atoms with Gasteiger partial charge in [0.2, 0.25) is 0 Å². The molecule has 0 radical (unpaired) electrons. The van der Waals surface area contributed by atoms with Crippen molar-refractivity contribution in [2.24, 2.45) is 5.73 Å². The normalized spacial score (nSPS) is 12.4. The Morgan fingerprint density at radius 1 is 1.29 bits per heavy atom. The molecule has 1 aromatic carbocycles. The van der Waals surface area contributed by atoms with Gasteiger partial charge in [-0.05, 0) is 35.9 Å². The molecule has 0 aliphatic carbocycles. The van der Waals surface area contributed by atoms with Gasteiger partial charge in [0, 0.05) is 33.8 Å². The molecule has 0 saturated heterocycles. The zero-order chi connectivity index (χ0) is 12.3. The van der Waals surface area contributed by atoms with Crippen LogP contribution in [0.2, 0.25) is 5.02 Å². The van der Waals surface area contributed by atoms with Gasteiger partial charge in [0.1, 0.15) is 0 Å². The summed E-state index contributed by atoms with van der Waals surface area (Å²) in [6.07, 6.45) is 2.47. The van der Waals surface area contributed by atoms with Crippen LogP contribution < -0.4 is 5.73 Å². The van der Waals surface area contributed by atoms with E-state index in [-0.39, 0.29) is 6.04 Å². The van der Waals surface area contributed by atoms with Crippen molar-refractivity contribution < 1.29 is 0 Å². The van der Waals surface area contributed by atoms with Gasteiger partial charge in [-0.1, -0.05) is 33.6 Å². The second-order valence-electron chi connectivity index (χ2n) is 3.80. The number of hydrogen-bond acceptors (Lipinski definition) is 2. The molecule has 1 unspecified atom stereocenters. The Labute approximate surface area is 114 Å². The predicted molar refractivity (Wildman–Crippen MR) is 74.0 cm³/mol. The first kappa shape index (κ1) is 12.6. The molecule has 1 heterocycles. The lowest BCUT2D eigenvalue weighted by atomic mass is 10.0. The maximum atomic E-state index is 6.17. The average Bonchev–Trinajstić information content (AvgIpc) is 2.33. The molecule has 0 bridgehead atoms. The lowest BCUT2D eigenvalue weighted by Gasteiger charge is -2.13. The van der Waals surface area contributed by atoms with Gasteiger partial charge >= 0.3 is 0 Å². The SMILES string of the molecule is NC(Cc1ccccn1)c1cc(Cl)ccc1Br. The highest BCUT2D eigenvalue weighted by molar-refractivity contribution is 9.10. The van der Waals surface area contributed by atoms with E-state index in [1.807, 2.05) is 36.4 Å². The van der Waals surface area contributed by atoms with Gasteiger partial charge in [-0.25, -0.2) is 0 Å². The van der Waals surface area contributed by atoms with E-state index in [2.05, 4.69) is 20.9 Å². The van der Waals surface area contributed by atoms with Crippen LogP contribution in [0.25, 0.3) is 0 Å². The van der Waals surface area contributed by atoms with Crippen LogP contribution in [0.5, 0.6) is 0 Å². The third-order valence-electron chi connectivity index (χ3n) is 2.51. The number of rotatable bonds is 3. The first-order valence-electron chi connectivity index (χ1n) is 5.27. The van der Waals surface area contributed by atoms with E-state index in [9.17, 15) is 0 Å². The summed E-state index contributed by atoms with van der Waals surface area (Å²) in [6, 6.07) is 11.3. The van der Waals surface area contributed by atoms with E-state index in [1.165, 1.54) is 0 Å². The zero-order valence-corrected chi connectivity index (χ0v) is 11.4. The minimum absolute atomic E-state index is 0.113. The highest BCUT2D eigenvalue weighted by atomic mass is 79.9. The van der Waals surface area contributed by atoms with Gasteiger partial charge in [-0.3, -0.25) is 4.98 Å². The molecule has 2 N–H and O–H groups in total. The topological polar surface area (TPSA) is 38.9 Å². The van der Waals surface area contributed by atoms with E-state index in [1.54, 1.807) is 6.20 Å². The van der Waals surface area contributed by atoms with Gasteiger partial charge in [0.25, 0.3) is 0 Å². The number of benzene rings is 1. The van der Waals surface area contributed by atoms with E-state index >= 15 is 0 Å². The highest BCUT2D eigenvalue weighted by Crippen LogP contribution is 2.27. The fraction of sp³-hybridized carbons (Fsp3) is 0.154. The molecule has 2 aromatic rings. The van der Waals surface area contributed by atoms with Gasteiger partial charge < -0.3 is 5.73 Å². The minimum Gasteiger partial charge on any atom is -0.324 e. The van der Waals surface area contributed by atoms with Crippen molar-refractivity contribution in [1.29, 1.82) is 0 Å². The van der Waals surface area contributed by atoms with E-state index in [0.717, 1.165) is 15.7 Å². The Hall–Kier alpha value is -0.900. The van der Waals surface area contributed by atoms with Crippen molar-refractivity contribution in [3.63, 3.8) is 0 Å². The van der Waals surface area contributed by atoms with Crippen molar-refractivity contribution in [2.45, 2.75) is 12.5 Å². The maximum absolute atomic E-state index is 6.17. The van der Waals surface area contributed by atoms with Crippen LogP contribution in [0.15, 0.2) is 47.1 Å². The average molecular weight is 312 g/mol. The Bertz CT molecular complexity index is 502. The standard InChI is InChI=1S/C13H12BrClN2/c14-12-5-4-9(15)7-11(12)13(16)8-10-3-1-2-6-17-10/h1-7,13H,8,16H2. The molecule has 0 saturated carbocycles. The lowest BCUT2D eigenvalue weighted by Crippen LogP contribution is -2.14. The number of nitrogens with zero attached hydrogens (tertiary/aromatic N) is 1. The molecule has 1 atom stereocenters.